The Balaban J connectivity index is 1.11. The van der Waals surface area contributed by atoms with E-state index in [9.17, 15) is 32.3 Å². The first kappa shape index (κ1) is 33.6. The van der Waals surface area contributed by atoms with E-state index in [-0.39, 0.29) is 46.3 Å². The summed E-state index contributed by atoms with van der Waals surface area (Å²) >= 11 is 2.58. The molecule has 0 spiro atoms. The lowest BCUT2D eigenvalue weighted by Crippen LogP contribution is -2.42. The minimum absolute atomic E-state index is 0.162. The average Bonchev–Trinajstić information content (AvgIpc) is 3.83. The number of H-pyrrole nitrogens is 1. The fourth-order valence-corrected chi connectivity index (χ4v) is 11.5. The van der Waals surface area contributed by atoms with E-state index in [0.29, 0.717) is 35.2 Å². The predicted molar refractivity (Wildman–Crippen MR) is 185 cm³/mol. The average molecular weight is 736 g/mol. The molecule has 1 saturated heterocycles. The maximum atomic E-state index is 14.1. The molecule has 3 amide bonds. The number of carbonyl (C=O) groups is 3. The molecule has 1 aromatic heterocycles. The minimum Gasteiger partial charge on any atom is -0.490 e. The Labute approximate surface area is 298 Å². The van der Waals surface area contributed by atoms with E-state index in [1.807, 2.05) is 38.1 Å². The molecule has 4 unspecified atom stereocenters. The lowest BCUT2D eigenvalue weighted by atomic mass is 9.68. The number of ether oxygens (including phenoxy) is 2. The highest BCUT2D eigenvalue weighted by Gasteiger charge is 2.70. The topological polar surface area (TPSA) is 118 Å². The normalized spacial score (nSPS) is 26.1. The van der Waals surface area contributed by atoms with E-state index >= 15 is 0 Å². The van der Waals surface area contributed by atoms with Crippen molar-refractivity contribution in [3.63, 3.8) is 0 Å². The van der Waals surface area contributed by atoms with Crippen LogP contribution in [-0.4, -0.2) is 41.2 Å². The molecule has 3 fully saturated rings. The molecule has 264 valence electrons. The van der Waals surface area contributed by atoms with Crippen LogP contribution in [0.3, 0.4) is 0 Å². The van der Waals surface area contributed by atoms with Gasteiger partial charge in [0.05, 0.1) is 34.7 Å². The number of amides is 3. The lowest BCUT2D eigenvalue weighted by Gasteiger charge is -2.43. The molecule has 3 aromatic carbocycles. The van der Waals surface area contributed by atoms with Gasteiger partial charge in [0.2, 0.25) is 11.8 Å². The Hall–Kier alpha value is -4.56. The fraction of sp³-hybridized carbons (Fsp3) is 0.351. The first-order valence-corrected chi connectivity index (χ1v) is 18.3. The van der Waals surface area contributed by atoms with Crippen molar-refractivity contribution in [2.75, 3.05) is 23.4 Å². The van der Waals surface area contributed by atoms with E-state index in [4.69, 9.17) is 9.47 Å². The summed E-state index contributed by atoms with van der Waals surface area (Å²) < 4.78 is 54.0. The Morgan fingerprint density at radius 3 is 2.41 bits per heavy atom. The molecule has 2 aliphatic heterocycles. The number of rotatable bonds is 8. The zero-order chi connectivity index (χ0) is 35.8. The molecule has 2 saturated carbocycles. The van der Waals surface area contributed by atoms with Crippen molar-refractivity contribution in [2.24, 2.45) is 29.6 Å². The van der Waals surface area contributed by atoms with Crippen molar-refractivity contribution in [1.82, 2.24) is 4.98 Å². The Morgan fingerprint density at radius 2 is 1.69 bits per heavy atom. The second-order valence-corrected chi connectivity index (χ2v) is 15.5. The highest BCUT2D eigenvalue weighted by Crippen LogP contribution is 2.69. The molecule has 51 heavy (non-hydrogen) atoms. The van der Waals surface area contributed by atoms with Gasteiger partial charge in [0.25, 0.3) is 5.91 Å². The predicted octanol–water partition coefficient (Wildman–Crippen LogP) is 6.86. The molecule has 2 bridgehead atoms. The van der Waals surface area contributed by atoms with Gasteiger partial charge < -0.3 is 19.8 Å². The van der Waals surface area contributed by atoms with Crippen LogP contribution in [-0.2, 0) is 20.6 Å². The summed E-state index contributed by atoms with van der Waals surface area (Å²) in [4.78, 5) is 57.7. The van der Waals surface area contributed by atoms with Gasteiger partial charge in [-0.25, -0.2) is 4.90 Å². The largest absolute Gasteiger partial charge is 0.490 e. The zero-order valence-electron chi connectivity index (χ0n) is 27.4. The van der Waals surface area contributed by atoms with Crippen molar-refractivity contribution in [1.29, 1.82) is 0 Å². The van der Waals surface area contributed by atoms with E-state index in [1.54, 1.807) is 18.2 Å². The lowest BCUT2D eigenvalue weighted by molar-refractivity contribution is -0.137. The summed E-state index contributed by atoms with van der Waals surface area (Å²) in [5.41, 5.74) is 1.05. The third kappa shape index (κ3) is 5.63. The number of aryl methyl sites for hydroxylation is 1. The quantitative estimate of drug-likeness (QED) is 0.190. The Kier molecular flexibility index (Phi) is 8.29. The molecule has 2 N–H and O–H groups in total. The number of nitrogens with one attached hydrogen (secondary N) is 2. The summed E-state index contributed by atoms with van der Waals surface area (Å²) in [6.07, 6.45) is -4.17. The van der Waals surface area contributed by atoms with Gasteiger partial charge in [-0.1, -0.05) is 47.2 Å². The fourth-order valence-electron chi connectivity index (χ4n) is 8.62. The summed E-state index contributed by atoms with van der Waals surface area (Å²) in [7, 11) is 0. The molecular weight excluding hydrogens is 704 g/mol. The monoisotopic (exact) mass is 735 g/mol. The van der Waals surface area contributed by atoms with Crippen LogP contribution in [0.5, 0.6) is 11.5 Å². The number of aromatic amines is 1. The maximum absolute atomic E-state index is 14.1. The molecule has 9 nitrogen and oxygen atoms in total. The van der Waals surface area contributed by atoms with Gasteiger partial charge in [-0.15, -0.1) is 11.8 Å². The van der Waals surface area contributed by atoms with E-state index in [1.165, 1.54) is 30.0 Å². The number of para-hydroxylation sites is 1. The van der Waals surface area contributed by atoms with Crippen molar-refractivity contribution in [2.45, 2.75) is 42.6 Å². The second-order valence-electron chi connectivity index (χ2n) is 13.3. The zero-order valence-corrected chi connectivity index (χ0v) is 29.0. The molecule has 3 heterocycles. The number of thioether (sulfide) groups is 1. The van der Waals surface area contributed by atoms with E-state index in [0.717, 1.165) is 38.3 Å². The molecule has 14 heteroatoms. The van der Waals surface area contributed by atoms with E-state index in [2.05, 4.69) is 10.3 Å². The van der Waals surface area contributed by atoms with Crippen molar-refractivity contribution < 1.29 is 37.0 Å². The number of nitrogens with zero attached hydrogens (tertiary/aromatic N) is 1. The summed E-state index contributed by atoms with van der Waals surface area (Å²) in [6.45, 7) is 3.82. The van der Waals surface area contributed by atoms with Gasteiger partial charge in [0.1, 0.15) is 0 Å². The summed E-state index contributed by atoms with van der Waals surface area (Å²) in [5.74, 6) is -3.42. The van der Waals surface area contributed by atoms with Crippen LogP contribution >= 0.6 is 23.1 Å². The van der Waals surface area contributed by atoms with Gasteiger partial charge in [0, 0.05) is 21.7 Å². The highest BCUT2D eigenvalue weighted by molar-refractivity contribution is 8.00. The molecule has 8 rings (SSSR count). The molecule has 2 aliphatic carbocycles. The van der Waals surface area contributed by atoms with Gasteiger partial charge in [-0.05, 0) is 80.0 Å². The SMILES string of the molecule is CCOc1cc([C@H]2c3sc(=O)[nH]c3SC3C2[C@H]2C[C@@H]3C3C(=O)N(c4ccccc4C(F)(F)F)C(=O)C32)ccc1OCC(=O)Nc1ccc(C)cc1. The van der Waals surface area contributed by atoms with Crippen molar-refractivity contribution >= 4 is 52.2 Å². The third-order valence-corrected chi connectivity index (χ3v) is 13.1. The minimum atomic E-state index is -4.75. The second kappa shape index (κ2) is 12.6. The molecule has 0 radical (unpaired) electrons. The Bertz CT molecular complexity index is 2110. The van der Waals surface area contributed by atoms with Crippen LogP contribution < -0.4 is 24.6 Å². The maximum Gasteiger partial charge on any atom is 0.418 e. The van der Waals surface area contributed by atoms with E-state index < -0.39 is 41.1 Å². The molecule has 4 aromatic rings. The number of fused-ring (bicyclic) bond motifs is 9. The number of alkyl halides is 3. The van der Waals surface area contributed by atoms with Gasteiger partial charge >= 0.3 is 11.0 Å². The number of halogens is 3. The van der Waals surface area contributed by atoms with Gasteiger partial charge in [0.15, 0.2) is 18.1 Å². The molecule has 4 aliphatic rings. The Morgan fingerprint density at radius 1 is 0.961 bits per heavy atom. The number of thiazole rings is 1. The first-order chi connectivity index (χ1) is 24.4. The number of anilines is 2. The van der Waals surface area contributed by atoms with Gasteiger partial charge in [-0.2, -0.15) is 13.2 Å². The number of aromatic nitrogens is 1. The summed E-state index contributed by atoms with van der Waals surface area (Å²) in [6, 6.07) is 17.5. The molecular formula is C37H32F3N3O6S2. The molecule has 7 atom stereocenters. The summed E-state index contributed by atoms with van der Waals surface area (Å²) in [5, 5.41) is 3.34. The number of imide groups is 1. The van der Waals surface area contributed by atoms with Gasteiger partial charge in [-0.3, -0.25) is 19.2 Å². The van der Waals surface area contributed by atoms with Crippen LogP contribution in [0.2, 0.25) is 0 Å². The smallest absolute Gasteiger partial charge is 0.418 e. The number of hydrogen-bond acceptors (Lipinski definition) is 8. The number of carbonyl (C=O) groups excluding carboxylic acids is 3. The first-order valence-electron chi connectivity index (χ1n) is 16.6. The number of hydrogen-bond donors (Lipinski definition) is 2. The highest BCUT2D eigenvalue weighted by atomic mass is 32.2. The number of benzene rings is 3. The van der Waals surface area contributed by atoms with Crippen LogP contribution in [0.15, 0.2) is 76.6 Å². The van der Waals surface area contributed by atoms with Crippen LogP contribution in [0.25, 0.3) is 0 Å². The van der Waals surface area contributed by atoms with Crippen LogP contribution in [0, 0.1) is 36.5 Å². The van der Waals surface area contributed by atoms with Crippen molar-refractivity contribution in [3.05, 3.63) is 98.0 Å². The van der Waals surface area contributed by atoms with Crippen molar-refractivity contribution in [3.8, 4) is 11.5 Å². The third-order valence-electron chi connectivity index (χ3n) is 10.5. The van der Waals surface area contributed by atoms with Crippen LogP contribution in [0.1, 0.15) is 40.8 Å². The van der Waals surface area contributed by atoms with Crippen LogP contribution in [0.4, 0.5) is 24.5 Å². The standard InChI is InChI=1S/C37H32F3N3O6S2/c1-3-48-25-14-18(10-13-24(25)49-16-26(44)41-19-11-8-17(2)9-12-19)27-28-20-15-21(31(28)50-33-32(27)51-36(47)42-33)30-29(20)34(45)43(35(30)46)23-7-5-4-6-22(23)37(38,39)40/h4-14,20-21,27-31H,3,15-16H2,1-2H3,(H,41,44)(H,42,47)/t20-,21-,27-,28?,29?,30?,31?/m1/s1.